The van der Waals surface area contributed by atoms with E-state index in [2.05, 4.69) is 5.32 Å². The number of carbonyl (C=O) groups excluding carboxylic acids is 2. The first kappa shape index (κ1) is 20.9. The van der Waals surface area contributed by atoms with Gasteiger partial charge in [-0.25, -0.2) is 0 Å². The molecule has 0 saturated heterocycles. The zero-order chi connectivity index (χ0) is 21.2. The fourth-order valence-corrected chi connectivity index (χ4v) is 3.61. The van der Waals surface area contributed by atoms with Gasteiger partial charge < -0.3 is 10.2 Å². The zero-order valence-corrected chi connectivity index (χ0v) is 16.3. The van der Waals surface area contributed by atoms with Crippen molar-refractivity contribution in [2.75, 3.05) is 18.9 Å². The maximum Gasteiger partial charge on any atom is 0.416 e. The van der Waals surface area contributed by atoms with Crippen LogP contribution in [0, 0.1) is 5.92 Å². The fourth-order valence-electron chi connectivity index (χ4n) is 3.61. The normalized spacial score (nSPS) is 18.2. The summed E-state index contributed by atoms with van der Waals surface area (Å²) in [4.78, 5) is 26.2. The van der Waals surface area contributed by atoms with Crippen LogP contribution in [-0.2, 0) is 22.2 Å². The number of hydrogen-bond donors (Lipinski definition) is 1. The van der Waals surface area contributed by atoms with Crippen molar-refractivity contribution in [3.63, 3.8) is 0 Å². The molecule has 1 fully saturated rings. The number of carbonyl (C=O) groups is 2. The summed E-state index contributed by atoms with van der Waals surface area (Å²) in [5, 5.41) is 2.80. The molecule has 0 aromatic heterocycles. The van der Waals surface area contributed by atoms with Gasteiger partial charge in [-0.15, -0.1) is 0 Å². The lowest BCUT2D eigenvalue weighted by Gasteiger charge is -2.18. The maximum atomic E-state index is 13.2. The molecule has 3 rings (SSSR count). The third-order valence-corrected chi connectivity index (χ3v) is 5.20. The molecule has 2 atom stereocenters. The number of anilines is 1. The van der Waals surface area contributed by atoms with Gasteiger partial charge in [-0.1, -0.05) is 43.3 Å². The van der Waals surface area contributed by atoms with E-state index in [0.29, 0.717) is 12.1 Å². The van der Waals surface area contributed by atoms with Crippen LogP contribution in [0.25, 0.3) is 0 Å². The second-order valence-corrected chi connectivity index (χ2v) is 7.29. The summed E-state index contributed by atoms with van der Waals surface area (Å²) in [5.74, 6) is -1.65. The van der Waals surface area contributed by atoms with Gasteiger partial charge in [0.2, 0.25) is 11.8 Å². The molecule has 7 heteroatoms. The Morgan fingerprint density at radius 1 is 1.10 bits per heavy atom. The summed E-state index contributed by atoms with van der Waals surface area (Å²) in [6.07, 6.45) is -3.34. The molecule has 1 aliphatic carbocycles. The number of benzene rings is 2. The minimum absolute atomic E-state index is 0.146. The molecule has 2 aromatic rings. The van der Waals surface area contributed by atoms with Gasteiger partial charge in [-0.2, -0.15) is 13.2 Å². The number of nitrogens with one attached hydrogen (secondary N) is 1. The average Bonchev–Trinajstić information content (AvgIpc) is 3.47. The van der Waals surface area contributed by atoms with Crippen LogP contribution in [0.2, 0.25) is 0 Å². The van der Waals surface area contributed by atoms with Gasteiger partial charge in [-0.05, 0) is 42.0 Å². The Bertz CT molecular complexity index is 911. The number of nitrogens with zero attached hydrogens (tertiary/aromatic N) is 1. The van der Waals surface area contributed by atoms with Crippen LogP contribution >= 0.6 is 0 Å². The van der Waals surface area contributed by atoms with Gasteiger partial charge >= 0.3 is 6.18 Å². The molecule has 154 valence electrons. The van der Waals surface area contributed by atoms with Crippen molar-refractivity contribution in [3.05, 3.63) is 65.2 Å². The molecule has 0 heterocycles. The van der Waals surface area contributed by atoms with E-state index < -0.39 is 23.6 Å². The summed E-state index contributed by atoms with van der Waals surface area (Å²) in [5.41, 5.74) is 1.13. The van der Waals surface area contributed by atoms with E-state index in [1.165, 1.54) is 24.1 Å². The Labute approximate surface area is 167 Å². The van der Waals surface area contributed by atoms with E-state index in [1.54, 1.807) is 12.1 Å². The van der Waals surface area contributed by atoms with Crippen LogP contribution < -0.4 is 5.32 Å². The van der Waals surface area contributed by atoms with E-state index in [1.807, 2.05) is 25.1 Å². The molecular formula is C22H23F3N2O2. The summed E-state index contributed by atoms with van der Waals surface area (Å²) in [6, 6.07) is 12.8. The van der Waals surface area contributed by atoms with Crippen molar-refractivity contribution < 1.29 is 22.8 Å². The van der Waals surface area contributed by atoms with E-state index in [9.17, 15) is 22.8 Å². The van der Waals surface area contributed by atoms with Crippen molar-refractivity contribution in [3.8, 4) is 0 Å². The highest BCUT2D eigenvalue weighted by atomic mass is 19.4. The van der Waals surface area contributed by atoms with Gasteiger partial charge in [0.05, 0.1) is 12.1 Å². The molecule has 0 aliphatic heterocycles. The van der Waals surface area contributed by atoms with E-state index in [4.69, 9.17) is 0 Å². The highest BCUT2D eigenvalue weighted by Crippen LogP contribution is 2.51. The number of para-hydroxylation sites is 1. The Morgan fingerprint density at radius 3 is 2.45 bits per heavy atom. The molecule has 0 spiro atoms. The molecular weight excluding hydrogens is 381 g/mol. The Kier molecular flexibility index (Phi) is 5.96. The van der Waals surface area contributed by atoms with Crippen LogP contribution in [0.1, 0.15) is 36.0 Å². The number of likely N-dealkylation sites (N-methyl/N-ethyl adjacent to an activating group) is 1. The summed E-state index contributed by atoms with van der Waals surface area (Å²) >= 11 is 0. The average molecular weight is 404 g/mol. The third kappa shape index (κ3) is 4.78. The van der Waals surface area contributed by atoms with Crippen LogP contribution in [-0.4, -0.2) is 30.3 Å². The Hall–Kier alpha value is -2.83. The molecule has 0 bridgehead atoms. The highest BCUT2D eigenvalue weighted by Gasteiger charge is 2.48. The molecule has 2 aromatic carbocycles. The standard InChI is InChI=1S/C22H23F3N2O2/c1-3-14-8-4-7-11-19(14)26-20(28)13-27(2)21(29)17-12-16(17)15-9-5-6-10-18(15)22(23,24)25/h4-11,16-17H,3,12-13H2,1-2H3,(H,26,28). The molecule has 1 saturated carbocycles. The smallest absolute Gasteiger partial charge is 0.336 e. The number of alkyl halides is 3. The van der Waals surface area contributed by atoms with E-state index in [-0.39, 0.29) is 23.9 Å². The lowest BCUT2D eigenvalue weighted by atomic mass is 10.0. The molecule has 0 radical (unpaired) electrons. The van der Waals surface area contributed by atoms with Crippen molar-refractivity contribution in [2.45, 2.75) is 31.9 Å². The first-order valence-corrected chi connectivity index (χ1v) is 9.51. The van der Waals surface area contributed by atoms with Gasteiger partial charge in [-0.3, -0.25) is 9.59 Å². The summed E-state index contributed by atoms with van der Waals surface area (Å²) < 4.78 is 39.6. The van der Waals surface area contributed by atoms with Gasteiger partial charge in [0.15, 0.2) is 0 Å². The van der Waals surface area contributed by atoms with Crippen LogP contribution in [0.15, 0.2) is 48.5 Å². The second kappa shape index (κ2) is 8.27. The number of hydrogen-bond acceptors (Lipinski definition) is 2. The first-order chi connectivity index (χ1) is 13.7. The van der Waals surface area contributed by atoms with Crippen LogP contribution in [0.3, 0.4) is 0 Å². The highest BCUT2D eigenvalue weighted by molar-refractivity contribution is 5.95. The van der Waals surface area contributed by atoms with Crippen molar-refractivity contribution >= 4 is 17.5 Å². The molecule has 29 heavy (non-hydrogen) atoms. The van der Waals surface area contributed by atoms with Gasteiger partial charge in [0, 0.05) is 18.7 Å². The minimum Gasteiger partial charge on any atom is -0.336 e. The van der Waals surface area contributed by atoms with E-state index >= 15 is 0 Å². The third-order valence-electron chi connectivity index (χ3n) is 5.20. The second-order valence-electron chi connectivity index (χ2n) is 7.29. The summed E-state index contributed by atoms with van der Waals surface area (Å²) in [6.45, 7) is 1.83. The first-order valence-electron chi connectivity index (χ1n) is 9.51. The number of amides is 2. The van der Waals surface area contributed by atoms with Crippen LogP contribution in [0.5, 0.6) is 0 Å². The predicted molar refractivity (Wildman–Crippen MR) is 104 cm³/mol. The molecule has 2 amide bonds. The van der Waals surface area contributed by atoms with Crippen molar-refractivity contribution in [1.82, 2.24) is 4.90 Å². The SMILES string of the molecule is CCc1ccccc1NC(=O)CN(C)C(=O)C1CC1c1ccccc1C(F)(F)F. The molecule has 2 unspecified atom stereocenters. The lowest BCUT2D eigenvalue weighted by Crippen LogP contribution is -2.36. The molecule has 1 N–H and O–H groups in total. The van der Waals surface area contributed by atoms with Crippen LogP contribution in [0.4, 0.5) is 18.9 Å². The number of aryl methyl sites for hydroxylation is 1. The molecule has 4 nitrogen and oxygen atoms in total. The topological polar surface area (TPSA) is 49.4 Å². The summed E-state index contributed by atoms with van der Waals surface area (Å²) in [7, 11) is 1.50. The maximum absolute atomic E-state index is 13.2. The Balaban J connectivity index is 1.62. The van der Waals surface area contributed by atoms with Crippen molar-refractivity contribution in [1.29, 1.82) is 0 Å². The number of rotatable bonds is 6. The quantitative estimate of drug-likeness (QED) is 0.772. The monoisotopic (exact) mass is 404 g/mol. The minimum atomic E-state index is -4.45. The van der Waals surface area contributed by atoms with E-state index in [0.717, 1.165) is 18.1 Å². The molecule has 1 aliphatic rings. The van der Waals surface area contributed by atoms with Gasteiger partial charge in [0.1, 0.15) is 0 Å². The number of halogens is 3. The zero-order valence-electron chi connectivity index (χ0n) is 16.3. The fraction of sp³-hybridized carbons (Fsp3) is 0.364. The largest absolute Gasteiger partial charge is 0.416 e. The lowest BCUT2D eigenvalue weighted by molar-refractivity contribution is -0.138. The van der Waals surface area contributed by atoms with Gasteiger partial charge in [0.25, 0.3) is 0 Å². The van der Waals surface area contributed by atoms with Crippen molar-refractivity contribution in [2.24, 2.45) is 5.92 Å². The Morgan fingerprint density at radius 2 is 1.76 bits per heavy atom. The predicted octanol–water partition coefficient (Wildman–Crippen LogP) is 4.47.